The highest BCUT2D eigenvalue weighted by Gasteiger charge is 2.42. The van der Waals surface area contributed by atoms with E-state index in [0.717, 1.165) is 0 Å². The smallest absolute Gasteiger partial charge is 0.290 e. The molecule has 0 bridgehead atoms. The number of phenolic OH excluding ortho intramolecular Hbond substituents is 1. The van der Waals surface area contributed by atoms with Gasteiger partial charge in [-0.25, -0.2) is 0 Å². The van der Waals surface area contributed by atoms with E-state index in [4.69, 9.17) is 4.74 Å². The summed E-state index contributed by atoms with van der Waals surface area (Å²) in [4.78, 5) is 26.0. The Kier molecular flexibility index (Phi) is 4.93. The van der Waals surface area contributed by atoms with Crippen molar-refractivity contribution in [1.82, 2.24) is 4.90 Å². The summed E-state index contributed by atoms with van der Waals surface area (Å²) in [5.74, 6) is -1.11. The molecule has 0 saturated carbocycles. The van der Waals surface area contributed by atoms with Crippen molar-refractivity contribution in [3.8, 4) is 11.5 Å². The minimum Gasteiger partial charge on any atom is -0.504 e. The minimum absolute atomic E-state index is 0.0800. The van der Waals surface area contributed by atoms with Crippen molar-refractivity contribution in [3.05, 3.63) is 35.1 Å². The number of amides is 1. The molecule has 1 aliphatic heterocycles. The molecule has 23 heavy (non-hydrogen) atoms. The summed E-state index contributed by atoms with van der Waals surface area (Å²) in [6.07, 6.45) is 0.872. The highest BCUT2D eigenvalue weighted by atomic mass is 16.5. The number of rotatable bonds is 6. The molecule has 1 amide bonds. The molecule has 0 radical (unpaired) electrons. The standard InChI is InChI=1S/C17H21NO5/c1-4-8-18-15(10-6-7-13(23-3)12(20)9-10)14(11(19)5-2)16(21)17(18)22/h6-7,9,15,20-21H,4-5,8H2,1-3H3. The monoisotopic (exact) mass is 319 g/mol. The maximum Gasteiger partial charge on any atom is 0.290 e. The van der Waals surface area contributed by atoms with Crippen LogP contribution >= 0.6 is 0 Å². The molecule has 0 aliphatic carbocycles. The molecule has 0 spiro atoms. The molecule has 2 N–H and O–H groups in total. The van der Waals surface area contributed by atoms with Crippen molar-refractivity contribution in [2.75, 3.05) is 13.7 Å². The van der Waals surface area contributed by atoms with Crippen LogP contribution in [0, 0.1) is 0 Å². The summed E-state index contributed by atoms with van der Waals surface area (Å²) < 4.78 is 5.02. The van der Waals surface area contributed by atoms with Gasteiger partial charge in [0.2, 0.25) is 0 Å². The summed E-state index contributed by atoms with van der Waals surface area (Å²) in [6.45, 7) is 3.99. The van der Waals surface area contributed by atoms with Gasteiger partial charge in [0.25, 0.3) is 5.91 Å². The normalized spacial score (nSPS) is 17.8. The number of carbonyl (C=O) groups excluding carboxylic acids is 2. The van der Waals surface area contributed by atoms with Crippen LogP contribution in [0.15, 0.2) is 29.5 Å². The van der Waals surface area contributed by atoms with Crippen LogP contribution in [-0.2, 0) is 9.59 Å². The Morgan fingerprint density at radius 2 is 2.00 bits per heavy atom. The molecule has 6 nitrogen and oxygen atoms in total. The van der Waals surface area contributed by atoms with Gasteiger partial charge in [-0.2, -0.15) is 0 Å². The predicted molar refractivity (Wildman–Crippen MR) is 84.4 cm³/mol. The second-order valence-electron chi connectivity index (χ2n) is 5.37. The SMILES string of the molecule is CCCN1C(=O)C(O)=C(C(=O)CC)C1c1ccc(OC)c(O)c1. The lowest BCUT2D eigenvalue weighted by atomic mass is 9.94. The number of Topliss-reactive ketones (excluding diaryl/α,β-unsaturated/α-hetero) is 1. The molecule has 6 heteroatoms. The lowest BCUT2D eigenvalue weighted by molar-refractivity contribution is -0.129. The number of nitrogens with zero attached hydrogens (tertiary/aromatic N) is 1. The predicted octanol–water partition coefficient (Wildman–Crippen LogP) is 2.49. The van der Waals surface area contributed by atoms with Crippen LogP contribution in [0.5, 0.6) is 11.5 Å². The molecule has 1 aliphatic rings. The zero-order valence-electron chi connectivity index (χ0n) is 13.5. The first-order chi connectivity index (χ1) is 11.0. The first-order valence-corrected chi connectivity index (χ1v) is 7.60. The van der Waals surface area contributed by atoms with Crippen LogP contribution in [-0.4, -0.2) is 40.5 Å². The van der Waals surface area contributed by atoms with Crippen LogP contribution in [0.25, 0.3) is 0 Å². The third-order valence-electron chi connectivity index (χ3n) is 3.91. The van der Waals surface area contributed by atoms with Crippen molar-refractivity contribution < 1.29 is 24.5 Å². The van der Waals surface area contributed by atoms with E-state index in [-0.39, 0.29) is 23.5 Å². The van der Waals surface area contributed by atoms with Gasteiger partial charge >= 0.3 is 0 Å². The fourth-order valence-electron chi connectivity index (χ4n) is 2.82. The van der Waals surface area contributed by atoms with Crippen LogP contribution < -0.4 is 4.74 Å². The Bertz CT molecular complexity index is 665. The Labute approximate surface area is 135 Å². The van der Waals surface area contributed by atoms with E-state index >= 15 is 0 Å². The lowest BCUT2D eigenvalue weighted by Gasteiger charge is -2.26. The Balaban J connectivity index is 2.55. The van der Waals surface area contributed by atoms with E-state index in [9.17, 15) is 19.8 Å². The fraction of sp³-hybridized carbons (Fsp3) is 0.412. The fourth-order valence-corrected chi connectivity index (χ4v) is 2.82. The number of benzene rings is 1. The second kappa shape index (κ2) is 6.73. The zero-order chi connectivity index (χ0) is 17.1. The van der Waals surface area contributed by atoms with Gasteiger partial charge in [-0.3, -0.25) is 9.59 Å². The number of hydrogen-bond acceptors (Lipinski definition) is 5. The first kappa shape index (κ1) is 16.9. The highest BCUT2D eigenvalue weighted by Crippen LogP contribution is 2.40. The number of hydrogen-bond donors (Lipinski definition) is 2. The van der Waals surface area contributed by atoms with Gasteiger partial charge in [-0.15, -0.1) is 0 Å². The van der Waals surface area contributed by atoms with Gasteiger partial charge in [0.05, 0.1) is 18.7 Å². The van der Waals surface area contributed by atoms with Gasteiger partial charge in [0.1, 0.15) is 0 Å². The van der Waals surface area contributed by atoms with E-state index in [2.05, 4.69) is 0 Å². The Hall–Kier alpha value is -2.50. The third kappa shape index (κ3) is 2.88. The molecule has 1 atom stereocenters. The third-order valence-corrected chi connectivity index (χ3v) is 3.91. The van der Waals surface area contributed by atoms with Crippen LogP contribution in [0.1, 0.15) is 38.3 Å². The quantitative estimate of drug-likeness (QED) is 0.841. The number of aliphatic hydroxyl groups excluding tert-OH is 1. The summed E-state index contributed by atoms with van der Waals surface area (Å²) in [7, 11) is 1.44. The van der Waals surface area contributed by atoms with Crippen molar-refractivity contribution in [2.45, 2.75) is 32.7 Å². The van der Waals surface area contributed by atoms with Gasteiger partial charge in [-0.1, -0.05) is 19.9 Å². The number of carbonyl (C=O) groups is 2. The maximum absolute atomic E-state index is 12.3. The van der Waals surface area contributed by atoms with Crippen LogP contribution in [0.4, 0.5) is 0 Å². The first-order valence-electron chi connectivity index (χ1n) is 7.60. The second-order valence-corrected chi connectivity index (χ2v) is 5.37. The number of aromatic hydroxyl groups is 1. The van der Waals surface area contributed by atoms with Gasteiger partial charge < -0.3 is 19.8 Å². The lowest BCUT2D eigenvalue weighted by Crippen LogP contribution is -2.31. The summed E-state index contributed by atoms with van der Waals surface area (Å²) in [6, 6.07) is 4.02. The summed E-state index contributed by atoms with van der Waals surface area (Å²) in [5.41, 5.74) is 0.654. The van der Waals surface area contributed by atoms with E-state index in [1.165, 1.54) is 18.1 Å². The Morgan fingerprint density at radius 3 is 2.52 bits per heavy atom. The number of aliphatic hydroxyl groups is 1. The number of methoxy groups -OCH3 is 1. The summed E-state index contributed by atoms with van der Waals surface area (Å²) >= 11 is 0. The van der Waals surface area contributed by atoms with E-state index in [0.29, 0.717) is 24.3 Å². The molecule has 124 valence electrons. The van der Waals surface area contributed by atoms with Gasteiger partial charge in [-0.05, 0) is 24.1 Å². The molecule has 2 rings (SSSR count). The van der Waals surface area contributed by atoms with E-state index in [1.54, 1.807) is 19.1 Å². The average molecular weight is 319 g/mol. The van der Waals surface area contributed by atoms with Gasteiger partial charge in [0.15, 0.2) is 23.0 Å². The number of ether oxygens (including phenoxy) is 1. The van der Waals surface area contributed by atoms with Crippen molar-refractivity contribution in [1.29, 1.82) is 0 Å². The molecule has 0 fully saturated rings. The molecule has 1 unspecified atom stereocenters. The zero-order valence-corrected chi connectivity index (χ0v) is 13.5. The van der Waals surface area contributed by atoms with Crippen LogP contribution in [0.3, 0.4) is 0 Å². The molecule has 1 aromatic rings. The minimum atomic E-state index is -0.688. The number of phenols is 1. The average Bonchev–Trinajstić information content (AvgIpc) is 2.79. The highest BCUT2D eigenvalue weighted by molar-refractivity contribution is 6.08. The van der Waals surface area contributed by atoms with E-state index in [1.807, 2.05) is 6.92 Å². The Morgan fingerprint density at radius 1 is 1.30 bits per heavy atom. The maximum atomic E-state index is 12.3. The van der Waals surface area contributed by atoms with Crippen molar-refractivity contribution in [2.24, 2.45) is 0 Å². The molecule has 1 heterocycles. The number of ketones is 1. The molecular weight excluding hydrogens is 298 g/mol. The van der Waals surface area contributed by atoms with Crippen molar-refractivity contribution >= 4 is 11.7 Å². The molecular formula is C17H21NO5. The molecule has 1 aromatic carbocycles. The topological polar surface area (TPSA) is 87.1 Å². The van der Waals surface area contributed by atoms with Crippen molar-refractivity contribution in [3.63, 3.8) is 0 Å². The van der Waals surface area contributed by atoms with Gasteiger partial charge in [0, 0.05) is 13.0 Å². The summed E-state index contributed by atoms with van der Waals surface area (Å²) in [5, 5.41) is 20.1. The van der Waals surface area contributed by atoms with E-state index < -0.39 is 17.7 Å². The molecule has 0 aromatic heterocycles. The largest absolute Gasteiger partial charge is 0.504 e. The van der Waals surface area contributed by atoms with Crippen LogP contribution in [0.2, 0.25) is 0 Å². The molecule has 0 saturated heterocycles.